The molecule has 3 N–H and O–H groups in total. The molecule has 0 amide bonds. The fraction of sp³-hybridized carbons (Fsp3) is 1.00. The Kier molecular flexibility index (Phi) is 3.04. The van der Waals surface area contributed by atoms with Gasteiger partial charge in [0.05, 0.1) is 0 Å². The van der Waals surface area contributed by atoms with Crippen LogP contribution in [-0.4, -0.2) is 49.3 Å². The van der Waals surface area contributed by atoms with E-state index in [9.17, 15) is 4.39 Å². The molecule has 2 aliphatic rings. The first-order valence-electron chi connectivity index (χ1n) is 5.57. The number of nitrogens with two attached hydrogens (primary N) is 1. The Morgan fingerprint density at radius 1 is 1.43 bits per heavy atom. The molecule has 4 heteroatoms. The molecule has 2 fully saturated rings. The van der Waals surface area contributed by atoms with Gasteiger partial charge in [-0.1, -0.05) is 0 Å². The first-order valence-corrected chi connectivity index (χ1v) is 5.57. The summed E-state index contributed by atoms with van der Waals surface area (Å²) in [5.41, 5.74) is 4.34. The SMILES string of the molecule is NCC1(F)CCN(C2CCNCC2)C1. The van der Waals surface area contributed by atoms with Gasteiger partial charge >= 0.3 is 0 Å². The zero-order valence-electron chi connectivity index (χ0n) is 8.64. The molecule has 3 nitrogen and oxygen atoms in total. The van der Waals surface area contributed by atoms with E-state index in [1.165, 1.54) is 0 Å². The summed E-state index contributed by atoms with van der Waals surface area (Å²) < 4.78 is 13.9. The molecule has 0 aliphatic carbocycles. The molecule has 1 unspecified atom stereocenters. The molecule has 0 aromatic carbocycles. The number of hydrogen-bond acceptors (Lipinski definition) is 3. The third-order valence-corrected chi connectivity index (χ3v) is 3.52. The molecule has 1 atom stereocenters. The van der Waals surface area contributed by atoms with Gasteiger partial charge in [0.25, 0.3) is 0 Å². The van der Waals surface area contributed by atoms with Crippen LogP contribution in [0.25, 0.3) is 0 Å². The third-order valence-electron chi connectivity index (χ3n) is 3.52. The summed E-state index contributed by atoms with van der Waals surface area (Å²) in [5.74, 6) is 0. The number of rotatable bonds is 2. The minimum Gasteiger partial charge on any atom is -0.327 e. The van der Waals surface area contributed by atoms with Crippen LogP contribution < -0.4 is 11.1 Å². The zero-order chi connectivity index (χ0) is 10.0. The van der Waals surface area contributed by atoms with E-state index < -0.39 is 5.67 Å². The van der Waals surface area contributed by atoms with Crippen LogP contribution in [0.3, 0.4) is 0 Å². The van der Waals surface area contributed by atoms with Crippen LogP contribution in [0.2, 0.25) is 0 Å². The summed E-state index contributed by atoms with van der Waals surface area (Å²) in [6, 6.07) is 0.584. The molecule has 0 saturated carbocycles. The van der Waals surface area contributed by atoms with E-state index in [1.807, 2.05) is 0 Å². The van der Waals surface area contributed by atoms with E-state index in [0.717, 1.165) is 32.5 Å². The molecule has 0 aromatic rings. The molecule has 0 bridgehead atoms. The predicted molar refractivity (Wildman–Crippen MR) is 55.0 cm³/mol. The Morgan fingerprint density at radius 2 is 2.14 bits per heavy atom. The van der Waals surface area contributed by atoms with Crippen LogP contribution in [0.15, 0.2) is 0 Å². The highest BCUT2D eigenvalue weighted by atomic mass is 19.1. The Labute approximate surface area is 84.8 Å². The number of likely N-dealkylation sites (tertiary alicyclic amines) is 1. The van der Waals surface area contributed by atoms with Gasteiger partial charge in [-0.3, -0.25) is 4.90 Å². The number of halogens is 1. The molecule has 2 saturated heterocycles. The fourth-order valence-electron chi connectivity index (χ4n) is 2.52. The first kappa shape index (κ1) is 10.3. The van der Waals surface area contributed by atoms with E-state index in [-0.39, 0.29) is 6.54 Å². The molecule has 2 heterocycles. The van der Waals surface area contributed by atoms with E-state index in [4.69, 9.17) is 5.73 Å². The number of nitrogens with zero attached hydrogens (tertiary/aromatic N) is 1. The maximum absolute atomic E-state index is 13.9. The standard InChI is InChI=1S/C10H20FN3/c11-10(7-12)3-6-14(8-10)9-1-4-13-5-2-9/h9,13H,1-8,12H2. The largest absolute Gasteiger partial charge is 0.327 e. The fourth-order valence-corrected chi connectivity index (χ4v) is 2.52. The highest BCUT2D eigenvalue weighted by Gasteiger charge is 2.39. The molecular formula is C10H20FN3. The van der Waals surface area contributed by atoms with Crippen molar-refractivity contribution in [2.24, 2.45) is 5.73 Å². The van der Waals surface area contributed by atoms with Crippen molar-refractivity contribution in [1.29, 1.82) is 0 Å². The van der Waals surface area contributed by atoms with Gasteiger partial charge in [-0.25, -0.2) is 4.39 Å². The summed E-state index contributed by atoms with van der Waals surface area (Å²) in [7, 11) is 0. The molecular weight excluding hydrogens is 181 g/mol. The van der Waals surface area contributed by atoms with E-state index in [0.29, 0.717) is 19.0 Å². The number of alkyl halides is 1. The van der Waals surface area contributed by atoms with E-state index in [2.05, 4.69) is 10.2 Å². The van der Waals surface area contributed by atoms with E-state index in [1.54, 1.807) is 0 Å². The second kappa shape index (κ2) is 4.13. The minimum absolute atomic E-state index is 0.175. The summed E-state index contributed by atoms with van der Waals surface area (Å²) >= 11 is 0. The Morgan fingerprint density at radius 3 is 2.71 bits per heavy atom. The smallest absolute Gasteiger partial charge is 0.137 e. The molecule has 0 radical (unpaired) electrons. The predicted octanol–water partition coefficient (Wildman–Crippen LogP) is 0.111. The maximum Gasteiger partial charge on any atom is 0.137 e. The van der Waals surface area contributed by atoms with Crippen molar-refractivity contribution < 1.29 is 4.39 Å². The van der Waals surface area contributed by atoms with Gasteiger partial charge in [-0.15, -0.1) is 0 Å². The highest BCUT2D eigenvalue weighted by Crippen LogP contribution is 2.28. The Hall–Kier alpha value is -0.190. The maximum atomic E-state index is 13.9. The van der Waals surface area contributed by atoms with Gasteiger partial charge in [0.15, 0.2) is 0 Å². The lowest BCUT2D eigenvalue weighted by Crippen LogP contribution is -2.44. The van der Waals surface area contributed by atoms with Gasteiger partial charge in [0.1, 0.15) is 5.67 Å². The second-order valence-electron chi connectivity index (χ2n) is 4.56. The molecule has 82 valence electrons. The second-order valence-corrected chi connectivity index (χ2v) is 4.56. The molecule has 2 aliphatic heterocycles. The molecule has 0 spiro atoms. The van der Waals surface area contributed by atoms with Crippen molar-refractivity contribution in [3.8, 4) is 0 Å². The minimum atomic E-state index is -1.11. The summed E-state index contributed by atoms with van der Waals surface area (Å²) in [6.07, 6.45) is 2.93. The topological polar surface area (TPSA) is 41.3 Å². The summed E-state index contributed by atoms with van der Waals surface area (Å²) in [5, 5.41) is 3.33. The molecule has 14 heavy (non-hydrogen) atoms. The van der Waals surface area contributed by atoms with Gasteiger partial charge in [-0.2, -0.15) is 0 Å². The van der Waals surface area contributed by atoms with Crippen LogP contribution in [0.1, 0.15) is 19.3 Å². The quantitative estimate of drug-likeness (QED) is 0.666. The third kappa shape index (κ3) is 2.07. The van der Waals surface area contributed by atoms with Crippen molar-refractivity contribution in [1.82, 2.24) is 10.2 Å². The lowest BCUT2D eigenvalue weighted by molar-refractivity contribution is 0.140. The lowest BCUT2D eigenvalue weighted by atomic mass is 10.0. The lowest BCUT2D eigenvalue weighted by Gasteiger charge is -2.31. The highest BCUT2D eigenvalue weighted by molar-refractivity contribution is 4.94. The normalized spacial score (nSPS) is 36.4. The number of piperidine rings is 1. The molecule has 2 rings (SSSR count). The van der Waals surface area contributed by atoms with E-state index >= 15 is 0 Å². The first-order chi connectivity index (χ1) is 6.73. The van der Waals surface area contributed by atoms with Crippen molar-refractivity contribution in [3.63, 3.8) is 0 Å². The van der Waals surface area contributed by atoms with Crippen molar-refractivity contribution in [2.45, 2.75) is 31.0 Å². The van der Waals surface area contributed by atoms with Crippen LogP contribution in [-0.2, 0) is 0 Å². The van der Waals surface area contributed by atoms with Crippen molar-refractivity contribution >= 4 is 0 Å². The average molecular weight is 201 g/mol. The number of hydrogen-bond donors (Lipinski definition) is 2. The van der Waals surface area contributed by atoms with Gasteiger partial charge in [0, 0.05) is 25.7 Å². The Balaban J connectivity index is 1.88. The van der Waals surface area contributed by atoms with Gasteiger partial charge in [-0.05, 0) is 32.4 Å². The average Bonchev–Trinajstić information content (AvgIpc) is 2.63. The van der Waals surface area contributed by atoms with Gasteiger partial charge in [0.2, 0.25) is 0 Å². The van der Waals surface area contributed by atoms with Crippen molar-refractivity contribution in [3.05, 3.63) is 0 Å². The van der Waals surface area contributed by atoms with Crippen LogP contribution in [0.5, 0.6) is 0 Å². The molecule has 0 aromatic heterocycles. The summed E-state index contributed by atoms with van der Waals surface area (Å²) in [4.78, 5) is 2.29. The zero-order valence-corrected chi connectivity index (χ0v) is 8.64. The Bertz CT molecular complexity index is 194. The monoisotopic (exact) mass is 201 g/mol. The van der Waals surface area contributed by atoms with Crippen LogP contribution in [0, 0.1) is 0 Å². The summed E-state index contributed by atoms with van der Waals surface area (Å²) in [6.45, 7) is 3.76. The number of nitrogens with one attached hydrogen (secondary N) is 1. The van der Waals surface area contributed by atoms with Gasteiger partial charge < -0.3 is 11.1 Å². The van der Waals surface area contributed by atoms with Crippen molar-refractivity contribution in [2.75, 3.05) is 32.7 Å². The van der Waals surface area contributed by atoms with Crippen LogP contribution >= 0.6 is 0 Å². The van der Waals surface area contributed by atoms with Crippen LogP contribution in [0.4, 0.5) is 4.39 Å².